The van der Waals surface area contributed by atoms with Gasteiger partial charge in [0.05, 0.1) is 11.8 Å². The summed E-state index contributed by atoms with van der Waals surface area (Å²) in [6.07, 6.45) is 4.58. The number of piperazine rings is 1. The number of benzene rings is 2. The summed E-state index contributed by atoms with van der Waals surface area (Å²) in [5.74, 6) is 0.233. The van der Waals surface area contributed by atoms with E-state index in [-0.39, 0.29) is 11.8 Å². The molecular weight excluding hydrogens is 466 g/mol. The van der Waals surface area contributed by atoms with Gasteiger partial charge in [-0.05, 0) is 49.4 Å². The number of rotatable bonds is 13. The molecule has 1 N–H and O–H groups in total. The summed E-state index contributed by atoms with van der Waals surface area (Å²) in [5.41, 5.74) is 2.57. The first-order chi connectivity index (χ1) is 16.4. The summed E-state index contributed by atoms with van der Waals surface area (Å²) >= 11 is 6.15. The monoisotopic (exact) mass is 505 g/mol. The van der Waals surface area contributed by atoms with Crippen LogP contribution in [0.4, 0.5) is 0 Å². The zero-order valence-electron chi connectivity index (χ0n) is 20.6. The van der Waals surface area contributed by atoms with Gasteiger partial charge in [-0.1, -0.05) is 73.8 Å². The van der Waals surface area contributed by atoms with Crippen LogP contribution in [0.5, 0.6) is 0 Å². The van der Waals surface area contributed by atoms with Crippen molar-refractivity contribution >= 4 is 21.6 Å². The lowest BCUT2D eigenvalue weighted by Gasteiger charge is -2.42. The molecule has 1 heterocycles. The van der Waals surface area contributed by atoms with Gasteiger partial charge in [0, 0.05) is 43.8 Å². The van der Waals surface area contributed by atoms with Crippen LogP contribution in [0.1, 0.15) is 63.1 Å². The molecule has 1 aliphatic heterocycles. The molecule has 1 saturated heterocycles. The van der Waals surface area contributed by atoms with Gasteiger partial charge in [-0.25, -0.2) is 13.1 Å². The van der Waals surface area contributed by atoms with Crippen LogP contribution < -0.4 is 4.72 Å². The molecular formula is C27H40ClN3O2S. The molecule has 2 atom stereocenters. The van der Waals surface area contributed by atoms with E-state index in [0.717, 1.165) is 63.3 Å². The fourth-order valence-electron chi connectivity index (χ4n) is 4.72. The van der Waals surface area contributed by atoms with Gasteiger partial charge >= 0.3 is 0 Å². The van der Waals surface area contributed by atoms with Gasteiger partial charge < -0.3 is 0 Å². The molecule has 0 aromatic heterocycles. The number of hydrogen-bond acceptors (Lipinski definition) is 4. The maximum Gasteiger partial charge on any atom is 0.211 e. The molecule has 0 aliphatic carbocycles. The minimum Gasteiger partial charge on any atom is -0.298 e. The van der Waals surface area contributed by atoms with Crippen molar-refractivity contribution in [3.8, 4) is 0 Å². The fourth-order valence-corrected chi connectivity index (χ4v) is 6.03. The molecule has 188 valence electrons. The molecule has 1 fully saturated rings. The highest BCUT2D eigenvalue weighted by molar-refractivity contribution is 7.89. The van der Waals surface area contributed by atoms with Crippen LogP contribution in [0, 0.1) is 0 Å². The van der Waals surface area contributed by atoms with Gasteiger partial charge in [0.25, 0.3) is 0 Å². The van der Waals surface area contributed by atoms with E-state index in [1.807, 2.05) is 12.1 Å². The average molecular weight is 506 g/mol. The lowest BCUT2D eigenvalue weighted by molar-refractivity contribution is 0.0805. The van der Waals surface area contributed by atoms with Crippen LogP contribution in [0.15, 0.2) is 54.6 Å². The first-order valence-electron chi connectivity index (χ1n) is 12.7. The maximum absolute atomic E-state index is 12.1. The first kappa shape index (κ1) is 27.2. The van der Waals surface area contributed by atoms with E-state index < -0.39 is 10.0 Å². The number of hydrogen-bond donors (Lipinski definition) is 1. The van der Waals surface area contributed by atoms with Crippen LogP contribution in [-0.2, 0) is 10.0 Å². The molecule has 0 saturated carbocycles. The normalized spacial score (nSPS) is 17.5. The smallest absolute Gasteiger partial charge is 0.211 e. The highest BCUT2D eigenvalue weighted by Crippen LogP contribution is 2.30. The number of nitrogens with zero attached hydrogens (tertiary/aromatic N) is 2. The van der Waals surface area contributed by atoms with Gasteiger partial charge in [-0.15, -0.1) is 0 Å². The van der Waals surface area contributed by atoms with E-state index in [1.54, 1.807) is 0 Å². The summed E-state index contributed by atoms with van der Waals surface area (Å²) in [6, 6.07) is 19.6. The van der Waals surface area contributed by atoms with Crippen LogP contribution in [0.2, 0.25) is 5.02 Å². The molecule has 1 aliphatic rings. The zero-order valence-corrected chi connectivity index (χ0v) is 22.2. The Morgan fingerprint density at radius 2 is 1.50 bits per heavy atom. The van der Waals surface area contributed by atoms with E-state index in [4.69, 9.17) is 11.6 Å². The summed E-state index contributed by atoms with van der Waals surface area (Å²) in [7, 11) is -3.13. The summed E-state index contributed by atoms with van der Waals surface area (Å²) in [5, 5.41) is 0.763. The highest BCUT2D eigenvalue weighted by Gasteiger charge is 2.28. The predicted octanol–water partition coefficient (Wildman–Crippen LogP) is 5.33. The third kappa shape index (κ3) is 8.35. The van der Waals surface area contributed by atoms with Crippen molar-refractivity contribution in [2.45, 2.75) is 58.0 Å². The van der Waals surface area contributed by atoms with E-state index in [9.17, 15) is 8.42 Å². The Morgan fingerprint density at radius 3 is 2.15 bits per heavy atom. The molecule has 3 rings (SSSR count). The molecule has 2 aromatic carbocycles. The number of unbranched alkanes of at least 4 members (excludes halogenated alkanes) is 2. The minimum absolute atomic E-state index is 0.223. The Labute approximate surface area is 211 Å². The minimum atomic E-state index is -3.13. The second-order valence-electron chi connectivity index (χ2n) is 9.35. The van der Waals surface area contributed by atoms with Gasteiger partial charge in [-0.3, -0.25) is 9.80 Å². The largest absolute Gasteiger partial charge is 0.298 e. The Morgan fingerprint density at radius 1 is 0.882 bits per heavy atom. The van der Waals surface area contributed by atoms with E-state index >= 15 is 0 Å². The molecule has 0 spiro atoms. The summed E-state index contributed by atoms with van der Waals surface area (Å²) < 4.78 is 26.8. The molecule has 2 unspecified atom stereocenters. The van der Waals surface area contributed by atoms with E-state index in [1.165, 1.54) is 11.1 Å². The summed E-state index contributed by atoms with van der Waals surface area (Å²) in [6.45, 7) is 8.94. The van der Waals surface area contributed by atoms with Crippen LogP contribution in [0.3, 0.4) is 0 Å². The van der Waals surface area contributed by atoms with E-state index in [0.29, 0.717) is 12.6 Å². The molecule has 7 heteroatoms. The van der Waals surface area contributed by atoms with Crippen molar-refractivity contribution in [1.82, 2.24) is 14.5 Å². The predicted molar refractivity (Wildman–Crippen MR) is 143 cm³/mol. The number of halogens is 1. The average Bonchev–Trinajstić information content (AvgIpc) is 2.84. The van der Waals surface area contributed by atoms with Crippen molar-refractivity contribution in [1.29, 1.82) is 0 Å². The van der Waals surface area contributed by atoms with Gasteiger partial charge in [0.1, 0.15) is 0 Å². The van der Waals surface area contributed by atoms with Gasteiger partial charge in [0.2, 0.25) is 10.0 Å². The van der Waals surface area contributed by atoms with Crippen LogP contribution in [0.25, 0.3) is 0 Å². The van der Waals surface area contributed by atoms with Crippen molar-refractivity contribution < 1.29 is 8.42 Å². The molecule has 0 radical (unpaired) electrons. The Balaban J connectivity index is 1.49. The van der Waals surface area contributed by atoms with Crippen molar-refractivity contribution in [3.05, 3.63) is 70.7 Å². The SMILES string of the molecule is CCCCNS(=O)(=O)CCCCC(C)N1CCN(C(c2ccccc2)c2ccc(Cl)cc2)CC1. The molecule has 2 aromatic rings. The third-order valence-corrected chi connectivity index (χ3v) is 8.50. The zero-order chi connectivity index (χ0) is 24.4. The fraction of sp³-hybridized carbons (Fsp3) is 0.556. The van der Waals surface area contributed by atoms with Crippen molar-refractivity contribution in [3.63, 3.8) is 0 Å². The van der Waals surface area contributed by atoms with Gasteiger partial charge in [-0.2, -0.15) is 0 Å². The Kier molecular flexibility index (Phi) is 10.9. The standard InChI is InChI=1S/C27H40ClN3O2S/c1-3-4-17-29-34(32,33)22-9-8-10-23(2)30-18-20-31(21-19-30)27(24-11-6-5-7-12-24)25-13-15-26(28)16-14-25/h5-7,11-16,23,27,29H,3-4,8-10,17-22H2,1-2H3. The Hall–Kier alpha value is -1.44. The number of sulfonamides is 1. The quantitative estimate of drug-likeness (QED) is 0.374. The molecule has 0 amide bonds. The van der Waals surface area contributed by atoms with E-state index in [2.05, 4.69) is 70.8 Å². The highest BCUT2D eigenvalue weighted by atomic mass is 35.5. The lowest BCUT2D eigenvalue weighted by atomic mass is 9.96. The Bertz CT molecular complexity index is 946. The third-order valence-electron chi connectivity index (χ3n) is 6.78. The van der Waals surface area contributed by atoms with Crippen molar-refractivity contribution in [2.75, 3.05) is 38.5 Å². The second-order valence-corrected chi connectivity index (χ2v) is 11.7. The maximum atomic E-state index is 12.1. The molecule has 0 bridgehead atoms. The molecule has 5 nitrogen and oxygen atoms in total. The van der Waals surface area contributed by atoms with Crippen LogP contribution >= 0.6 is 11.6 Å². The second kappa shape index (κ2) is 13.6. The van der Waals surface area contributed by atoms with Crippen LogP contribution in [-0.4, -0.2) is 62.7 Å². The lowest BCUT2D eigenvalue weighted by Crippen LogP contribution is -2.50. The summed E-state index contributed by atoms with van der Waals surface area (Å²) in [4.78, 5) is 5.12. The van der Waals surface area contributed by atoms with Crippen molar-refractivity contribution in [2.24, 2.45) is 0 Å². The van der Waals surface area contributed by atoms with Gasteiger partial charge in [0.15, 0.2) is 0 Å². The topological polar surface area (TPSA) is 52.7 Å². The molecule has 34 heavy (non-hydrogen) atoms. The number of nitrogens with one attached hydrogen (secondary N) is 1. The first-order valence-corrected chi connectivity index (χ1v) is 14.7.